The lowest BCUT2D eigenvalue weighted by Crippen LogP contribution is -2.47. The Kier molecular flexibility index (Phi) is 4.40. The van der Waals surface area contributed by atoms with Crippen LogP contribution in [0.25, 0.3) is 0 Å². The molecular formula is C14H26N2S. The molecule has 0 bridgehead atoms. The van der Waals surface area contributed by atoms with E-state index >= 15 is 0 Å². The van der Waals surface area contributed by atoms with Gasteiger partial charge in [-0.15, -0.1) is 0 Å². The van der Waals surface area contributed by atoms with Crippen LogP contribution in [0.4, 0.5) is 0 Å². The zero-order valence-corrected chi connectivity index (χ0v) is 12.3. The summed E-state index contributed by atoms with van der Waals surface area (Å²) in [5.41, 5.74) is 0.382. The molecule has 1 N–H and O–H groups in total. The molecular weight excluding hydrogens is 228 g/mol. The topological polar surface area (TPSA) is 24.4 Å². The number of thioether (sulfide) groups is 1. The van der Waals surface area contributed by atoms with Crippen LogP contribution in [-0.2, 0) is 0 Å². The maximum absolute atomic E-state index is 4.86. The zero-order valence-electron chi connectivity index (χ0n) is 11.5. The number of hydrogen-bond donors (Lipinski definition) is 1. The third-order valence-corrected chi connectivity index (χ3v) is 5.37. The van der Waals surface area contributed by atoms with Crippen LogP contribution in [0.5, 0.6) is 0 Å². The van der Waals surface area contributed by atoms with Crippen molar-refractivity contribution in [3.8, 4) is 0 Å². The normalized spacial score (nSPS) is 35.8. The van der Waals surface area contributed by atoms with E-state index in [1.807, 2.05) is 11.8 Å². The van der Waals surface area contributed by atoms with E-state index in [0.717, 1.165) is 18.8 Å². The van der Waals surface area contributed by atoms with Crippen molar-refractivity contribution in [3.05, 3.63) is 0 Å². The zero-order chi connectivity index (χ0) is 12.3. The van der Waals surface area contributed by atoms with E-state index in [1.165, 1.54) is 36.6 Å². The molecule has 2 fully saturated rings. The highest BCUT2D eigenvalue weighted by Gasteiger charge is 2.40. The van der Waals surface area contributed by atoms with Crippen LogP contribution in [-0.4, -0.2) is 22.5 Å². The lowest BCUT2D eigenvalue weighted by atomic mass is 9.78. The molecule has 98 valence electrons. The molecule has 2 rings (SSSR count). The highest BCUT2D eigenvalue weighted by molar-refractivity contribution is 8.14. The van der Waals surface area contributed by atoms with Crippen LogP contribution < -0.4 is 5.32 Å². The summed E-state index contributed by atoms with van der Waals surface area (Å²) in [6, 6.07) is 0.515. The molecule has 0 amide bonds. The summed E-state index contributed by atoms with van der Waals surface area (Å²) >= 11 is 1.95. The van der Waals surface area contributed by atoms with Crippen molar-refractivity contribution in [2.75, 3.05) is 5.75 Å². The number of aliphatic imine (C=N–C) groups is 1. The van der Waals surface area contributed by atoms with E-state index in [0.29, 0.717) is 11.6 Å². The minimum absolute atomic E-state index is 0.382. The first-order valence-corrected chi connectivity index (χ1v) is 8.15. The maximum atomic E-state index is 4.86. The van der Waals surface area contributed by atoms with E-state index in [2.05, 4.69) is 26.1 Å². The minimum atomic E-state index is 0.382. The van der Waals surface area contributed by atoms with Crippen LogP contribution in [0, 0.1) is 5.92 Å². The third kappa shape index (κ3) is 3.18. The van der Waals surface area contributed by atoms with Gasteiger partial charge in [-0.3, -0.25) is 4.99 Å². The summed E-state index contributed by atoms with van der Waals surface area (Å²) in [4.78, 5) is 4.86. The second-order valence-electron chi connectivity index (χ2n) is 5.80. The van der Waals surface area contributed by atoms with Gasteiger partial charge in [0, 0.05) is 11.3 Å². The predicted molar refractivity (Wildman–Crippen MR) is 77.8 cm³/mol. The second-order valence-corrected chi connectivity index (χ2v) is 6.76. The first-order valence-electron chi connectivity index (χ1n) is 7.16. The Hall–Kier alpha value is -0.180. The van der Waals surface area contributed by atoms with Crippen LogP contribution in [0.1, 0.15) is 59.3 Å². The standard InChI is InChI=1S/C14H26N2S/c1-4-12(5-2)15-13-16-14(10-17-13)8-6-7-11(3)9-14/h11-12H,4-10H2,1-3H3,(H,15,16). The van der Waals surface area contributed by atoms with Gasteiger partial charge in [-0.25, -0.2) is 0 Å². The van der Waals surface area contributed by atoms with Crippen molar-refractivity contribution in [2.45, 2.75) is 70.9 Å². The molecule has 2 atom stereocenters. The Morgan fingerprint density at radius 1 is 1.47 bits per heavy atom. The molecule has 17 heavy (non-hydrogen) atoms. The number of amidine groups is 1. The molecule has 1 saturated heterocycles. The highest BCUT2D eigenvalue weighted by atomic mass is 32.2. The lowest BCUT2D eigenvalue weighted by molar-refractivity contribution is 0.242. The van der Waals surface area contributed by atoms with Gasteiger partial charge in [0.05, 0.1) is 6.04 Å². The summed E-state index contributed by atoms with van der Waals surface area (Å²) in [5.74, 6) is 2.11. The van der Waals surface area contributed by atoms with Crippen molar-refractivity contribution in [3.63, 3.8) is 0 Å². The molecule has 1 saturated carbocycles. The van der Waals surface area contributed by atoms with Crippen LogP contribution in [0.3, 0.4) is 0 Å². The first kappa shape index (κ1) is 13.3. The molecule has 1 heterocycles. The molecule has 0 aromatic heterocycles. The van der Waals surface area contributed by atoms with Crippen molar-refractivity contribution >= 4 is 16.9 Å². The SMILES string of the molecule is CCC(CC)N=C1NC2(CCCC(C)C2)CS1. The summed E-state index contributed by atoms with van der Waals surface area (Å²) < 4.78 is 0. The van der Waals surface area contributed by atoms with Gasteiger partial charge in [0.25, 0.3) is 0 Å². The number of nitrogens with zero attached hydrogens (tertiary/aromatic N) is 1. The molecule has 1 aliphatic heterocycles. The van der Waals surface area contributed by atoms with Gasteiger partial charge in [-0.2, -0.15) is 0 Å². The minimum Gasteiger partial charge on any atom is -0.359 e. The van der Waals surface area contributed by atoms with Crippen molar-refractivity contribution in [2.24, 2.45) is 10.9 Å². The molecule has 3 heteroatoms. The molecule has 2 aliphatic rings. The first-order chi connectivity index (χ1) is 8.17. The summed E-state index contributed by atoms with van der Waals surface area (Å²) in [5, 5.41) is 4.96. The molecule has 0 aromatic carbocycles. The van der Waals surface area contributed by atoms with Gasteiger partial charge in [-0.1, -0.05) is 45.4 Å². The smallest absolute Gasteiger partial charge is 0.157 e. The lowest BCUT2D eigenvalue weighted by Gasteiger charge is -2.36. The van der Waals surface area contributed by atoms with Crippen molar-refractivity contribution in [1.82, 2.24) is 5.32 Å². The molecule has 0 aromatic rings. The van der Waals surface area contributed by atoms with E-state index in [4.69, 9.17) is 4.99 Å². The Balaban J connectivity index is 1.98. The van der Waals surface area contributed by atoms with Gasteiger partial charge in [-0.05, 0) is 31.6 Å². The number of nitrogens with one attached hydrogen (secondary N) is 1. The van der Waals surface area contributed by atoms with E-state index < -0.39 is 0 Å². The van der Waals surface area contributed by atoms with Gasteiger partial charge in [0.15, 0.2) is 5.17 Å². The average molecular weight is 254 g/mol. The molecule has 1 spiro atoms. The summed E-state index contributed by atoms with van der Waals surface area (Å²) in [6.45, 7) is 6.86. The fraction of sp³-hybridized carbons (Fsp3) is 0.929. The molecule has 2 unspecified atom stereocenters. The van der Waals surface area contributed by atoms with Crippen molar-refractivity contribution in [1.29, 1.82) is 0 Å². The monoisotopic (exact) mass is 254 g/mol. The van der Waals surface area contributed by atoms with Crippen LogP contribution in [0.15, 0.2) is 4.99 Å². The number of rotatable bonds is 3. The van der Waals surface area contributed by atoms with Crippen LogP contribution >= 0.6 is 11.8 Å². The Morgan fingerprint density at radius 3 is 2.88 bits per heavy atom. The quantitative estimate of drug-likeness (QED) is 0.828. The second kappa shape index (κ2) is 5.64. The fourth-order valence-electron chi connectivity index (χ4n) is 3.12. The molecule has 0 radical (unpaired) electrons. The van der Waals surface area contributed by atoms with Crippen molar-refractivity contribution < 1.29 is 0 Å². The van der Waals surface area contributed by atoms with Gasteiger partial charge in [0.1, 0.15) is 0 Å². The Bertz CT molecular complexity index is 286. The van der Waals surface area contributed by atoms with E-state index in [9.17, 15) is 0 Å². The number of hydrogen-bond acceptors (Lipinski definition) is 2. The Morgan fingerprint density at radius 2 is 2.24 bits per heavy atom. The predicted octanol–water partition coefficient (Wildman–Crippen LogP) is 3.82. The van der Waals surface area contributed by atoms with E-state index in [-0.39, 0.29) is 0 Å². The van der Waals surface area contributed by atoms with Gasteiger partial charge in [0.2, 0.25) is 0 Å². The largest absolute Gasteiger partial charge is 0.359 e. The van der Waals surface area contributed by atoms with Crippen LogP contribution in [0.2, 0.25) is 0 Å². The summed E-state index contributed by atoms with van der Waals surface area (Å²) in [6.07, 6.45) is 7.78. The summed E-state index contributed by atoms with van der Waals surface area (Å²) in [7, 11) is 0. The highest BCUT2D eigenvalue weighted by Crippen LogP contribution is 2.38. The van der Waals surface area contributed by atoms with Gasteiger partial charge >= 0.3 is 0 Å². The fourth-order valence-corrected chi connectivity index (χ4v) is 4.38. The Labute approximate surface area is 110 Å². The van der Waals surface area contributed by atoms with Gasteiger partial charge < -0.3 is 5.32 Å². The third-order valence-electron chi connectivity index (χ3n) is 4.19. The van der Waals surface area contributed by atoms with E-state index in [1.54, 1.807) is 0 Å². The average Bonchev–Trinajstić information content (AvgIpc) is 2.68. The maximum Gasteiger partial charge on any atom is 0.157 e. The molecule has 1 aliphatic carbocycles. The molecule has 2 nitrogen and oxygen atoms in total.